The van der Waals surface area contributed by atoms with E-state index in [1.165, 1.54) is 22.7 Å². The van der Waals surface area contributed by atoms with Crippen molar-refractivity contribution >= 4 is 28.8 Å². The van der Waals surface area contributed by atoms with Crippen molar-refractivity contribution < 1.29 is 14.3 Å². The number of nitrogens with zero attached hydrogens (tertiary/aromatic N) is 2. The van der Waals surface area contributed by atoms with Gasteiger partial charge in [-0.3, -0.25) is 19.5 Å². The van der Waals surface area contributed by atoms with Crippen molar-refractivity contribution in [3.05, 3.63) is 76.7 Å². The minimum atomic E-state index is -0.807. The molecule has 0 unspecified atom stereocenters. The third kappa shape index (κ3) is 4.99. The first-order valence-electron chi connectivity index (χ1n) is 10.9. The van der Waals surface area contributed by atoms with Crippen LogP contribution in [0.15, 0.2) is 66.2 Å². The predicted molar refractivity (Wildman–Crippen MR) is 126 cm³/mol. The van der Waals surface area contributed by atoms with E-state index in [0.29, 0.717) is 11.4 Å². The van der Waals surface area contributed by atoms with Crippen LogP contribution in [0, 0.1) is 0 Å². The lowest BCUT2D eigenvalue weighted by Crippen LogP contribution is -2.47. The van der Waals surface area contributed by atoms with Crippen molar-refractivity contribution in [1.29, 1.82) is 0 Å². The highest BCUT2D eigenvalue weighted by molar-refractivity contribution is 7.10. The highest BCUT2D eigenvalue weighted by Crippen LogP contribution is 2.34. The predicted octanol–water partition coefficient (Wildman–Crippen LogP) is 4.99. The number of nitrogens with one attached hydrogen (secondary N) is 1. The van der Waals surface area contributed by atoms with Crippen molar-refractivity contribution in [1.82, 2.24) is 10.3 Å². The first-order chi connectivity index (χ1) is 15.7. The third-order valence-electron chi connectivity index (χ3n) is 5.71. The number of hydrogen-bond donors (Lipinski definition) is 1. The Balaban J connectivity index is 1.77. The zero-order chi connectivity index (χ0) is 22.3. The molecule has 1 N–H and O–H groups in total. The number of amides is 2. The zero-order valence-corrected chi connectivity index (χ0v) is 18.9. The molecule has 0 spiro atoms. The van der Waals surface area contributed by atoms with E-state index in [2.05, 4.69) is 10.3 Å². The molecule has 0 saturated heterocycles. The molecule has 1 aromatic carbocycles. The number of ether oxygens (including phenoxy) is 1. The van der Waals surface area contributed by atoms with Crippen LogP contribution in [-0.4, -0.2) is 29.9 Å². The van der Waals surface area contributed by atoms with Crippen LogP contribution in [0.1, 0.15) is 53.5 Å². The summed E-state index contributed by atoms with van der Waals surface area (Å²) in [5.41, 5.74) is 0.861. The molecular weight excluding hydrogens is 422 g/mol. The lowest BCUT2D eigenvalue weighted by atomic mass is 9.95. The van der Waals surface area contributed by atoms with E-state index in [-0.39, 0.29) is 23.6 Å². The Morgan fingerprint density at radius 2 is 1.94 bits per heavy atom. The minimum absolute atomic E-state index is 0.135. The molecule has 6 nitrogen and oxygen atoms in total. The van der Waals surface area contributed by atoms with Gasteiger partial charge in [0.15, 0.2) is 6.04 Å². The van der Waals surface area contributed by atoms with E-state index < -0.39 is 6.04 Å². The maximum atomic E-state index is 13.7. The van der Waals surface area contributed by atoms with Crippen molar-refractivity contribution in [2.24, 2.45) is 0 Å². The number of pyridine rings is 1. The summed E-state index contributed by atoms with van der Waals surface area (Å²) in [5.74, 6) is 0.0986. The number of carbonyl (C=O) groups is 2. The summed E-state index contributed by atoms with van der Waals surface area (Å²) in [6.45, 7) is 0. The molecule has 1 aliphatic rings. The Morgan fingerprint density at radius 1 is 1.09 bits per heavy atom. The zero-order valence-electron chi connectivity index (χ0n) is 18.1. The number of thiophene rings is 1. The molecule has 0 aliphatic heterocycles. The number of aromatic nitrogens is 1. The molecule has 32 heavy (non-hydrogen) atoms. The Bertz CT molecular complexity index is 1030. The van der Waals surface area contributed by atoms with E-state index in [1.54, 1.807) is 37.6 Å². The van der Waals surface area contributed by atoms with Crippen LogP contribution < -0.4 is 15.0 Å². The second-order valence-electron chi connectivity index (χ2n) is 7.85. The molecule has 0 radical (unpaired) electrons. The lowest BCUT2D eigenvalue weighted by Gasteiger charge is -2.32. The number of methoxy groups -OCH3 is 1. The smallest absolute Gasteiger partial charge is 0.277 e. The summed E-state index contributed by atoms with van der Waals surface area (Å²) < 4.78 is 5.39. The SMILES string of the molecule is COc1cccc(N(C(=O)c2ccccn2)[C@H](C(=O)NC2CCCCC2)c2cccs2)c1. The van der Waals surface area contributed by atoms with Crippen LogP contribution in [0.5, 0.6) is 5.75 Å². The fourth-order valence-electron chi connectivity index (χ4n) is 4.10. The fraction of sp³-hybridized carbons (Fsp3) is 0.320. The quantitative estimate of drug-likeness (QED) is 0.552. The van der Waals surface area contributed by atoms with Crippen molar-refractivity contribution in [2.45, 2.75) is 44.2 Å². The first kappa shape index (κ1) is 22.0. The Labute approximate surface area is 192 Å². The molecule has 2 aromatic heterocycles. The average Bonchev–Trinajstić information content (AvgIpc) is 3.37. The van der Waals surface area contributed by atoms with Gasteiger partial charge in [-0.1, -0.05) is 37.5 Å². The maximum absolute atomic E-state index is 13.7. The molecule has 4 rings (SSSR count). The molecule has 1 saturated carbocycles. The molecular formula is C25H27N3O3S. The van der Waals surface area contributed by atoms with Crippen LogP contribution in [-0.2, 0) is 4.79 Å². The monoisotopic (exact) mass is 449 g/mol. The van der Waals surface area contributed by atoms with Crippen LogP contribution in [0.25, 0.3) is 0 Å². The van der Waals surface area contributed by atoms with E-state index in [1.807, 2.05) is 35.7 Å². The summed E-state index contributed by atoms with van der Waals surface area (Å²) in [6, 6.07) is 15.5. The number of benzene rings is 1. The molecule has 1 aliphatic carbocycles. The first-order valence-corrected chi connectivity index (χ1v) is 11.8. The number of rotatable bonds is 7. The second-order valence-corrected chi connectivity index (χ2v) is 8.83. The van der Waals surface area contributed by atoms with Crippen LogP contribution in [0.2, 0.25) is 0 Å². The van der Waals surface area contributed by atoms with E-state index in [4.69, 9.17) is 4.74 Å². The van der Waals surface area contributed by atoms with Crippen molar-refractivity contribution in [3.63, 3.8) is 0 Å². The normalized spacial score (nSPS) is 15.0. The minimum Gasteiger partial charge on any atom is -0.497 e. The molecule has 166 valence electrons. The van der Waals surface area contributed by atoms with Gasteiger partial charge in [0.1, 0.15) is 11.4 Å². The van der Waals surface area contributed by atoms with E-state index in [0.717, 1.165) is 30.6 Å². The number of carbonyl (C=O) groups excluding carboxylic acids is 2. The van der Waals surface area contributed by atoms with Gasteiger partial charge in [-0.25, -0.2) is 0 Å². The van der Waals surface area contributed by atoms with Gasteiger partial charge >= 0.3 is 0 Å². The van der Waals surface area contributed by atoms with Crippen LogP contribution in [0.4, 0.5) is 5.69 Å². The van der Waals surface area contributed by atoms with Gasteiger partial charge in [0, 0.05) is 28.9 Å². The Kier molecular flexibility index (Phi) is 7.17. The summed E-state index contributed by atoms with van der Waals surface area (Å²) in [7, 11) is 1.58. The molecule has 7 heteroatoms. The van der Waals surface area contributed by atoms with Gasteiger partial charge in [0.05, 0.1) is 7.11 Å². The Hall–Kier alpha value is -3.19. The Morgan fingerprint density at radius 3 is 2.62 bits per heavy atom. The van der Waals surface area contributed by atoms with Crippen LogP contribution >= 0.6 is 11.3 Å². The van der Waals surface area contributed by atoms with Gasteiger partial charge in [-0.05, 0) is 48.6 Å². The molecule has 1 atom stereocenters. The molecule has 3 aromatic rings. The highest BCUT2D eigenvalue weighted by atomic mass is 32.1. The summed E-state index contributed by atoms with van der Waals surface area (Å²) >= 11 is 1.46. The number of anilines is 1. The van der Waals surface area contributed by atoms with Gasteiger partial charge in [0.2, 0.25) is 5.91 Å². The van der Waals surface area contributed by atoms with E-state index >= 15 is 0 Å². The summed E-state index contributed by atoms with van der Waals surface area (Å²) in [4.78, 5) is 34.0. The largest absolute Gasteiger partial charge is 0.497 e. The number of hydrogen-bond acceptors (Lipinski definition) is 5. The van der Waals surface area contributed by atoms with Crippen LogP contribution in [0.3, 0.4) is 0 Å². The van der Waals surface area contributed by atoms with Crippen molar-refractivity contribution in [3.8, 4) is 5.75 Å². The van der Waals surface area contributed by atoms with Crippen molar-refractivity contribution in [2.75, 3.05) is 12.0 Å². The summed E-state index contributed by atoms with van der Waals surface area (Å²) in [6.07, 6.45) is 6.95. The molecule has 2 amide bonds. The maximum Gasteiger partial charge on any atom is 0.277 e. The van der Waals surface area contributed by atoms with Gasteiger partial charge in [0.25, 0.3) is 5.91 Å². The fourth-order valence-corrected chi connectivity index (χ4v) is 4.92. The molecule has 2 heterocycles. The van der Waals surface area contributed by atoms with E-state index in [9.17, 15) is 9.59 Å². The van der Waals surface area contributed by atoms with Gasteiger partial charge in [-0.2, -0.15) is 0 Å². The van der Waals surface area contributed by atoms with Gasteiger partial charge < -0.3 is 10.1 Å². The average molecular weight is 450 g/mol. The standard InChI is InChI=1S/C25H27N3O3S/c1-31-20-12-7-11-19(17-20)28(25(30)21-13-5-6-15-26-21)23(22-14-8-16-32-22)24(29)27-18-9-3-2-4-10-18/h5-8,11-18,23H,2-4,9-10H2,1H3,(H,27,29)/t23-/m0/s1. The molecule has 1 fully saturated rings. The lowest BCUT2D eigenvalue weighted by molar-refractivity contribution is -0.123. The second kappa shape index (κ2) is 10.4. The third-order valence-corrected chi connectivity index (χ3v) is 6.63. The summed E-state index contributed by atoms with van der Waals surface area (Å²) in [5, 5.41) is 5.14. The molecule has 0 bridgehead atoms. The highest BCUT2D eigenvalue weighted by Gasteiger charge is 2.35. The topological polar surface area (TPSA) is 71.5 Å². The van der Waals surface area contributed by atoms with Gasteiger partial charge in [-0.15, -0.1) is 11.3 Å².